The Kier molecular flexibility index (Phi) is 30.2. The molecule has 0 saturated heterocycles. The highest BCUT2D eigenvalue weighted by Gasteiger charge is 2.41. The van der Waals surface area contributed by atoms with Crippen molar-refractivity contribution >= 4 is 46.3 Å². The first-order valence-corrected chi connectivity index (χ1v) is 50.0. The molecule has 0 heterocycles. The molecule has 0 saturated carbocycles. The molecule has 28 bridgehead atoms. The molecule has 0 fully saturated rings. The summed E-state index contributed by atoms with van der Waals surface area (Å²) in [5.74, 6) is 1.62. The van der Waals surface area contributed by atoms with Gasteiger partial charge in [0.05, 0.1) is 0 Å². The van der Waals surface area contributed by atoms with Crippen molar-refractivity contribution in [1.82, 2.24) is 0 Å². The number of hydrogen-bond acceptors (Lipinski definition) is 16. The number of carbonyl (C=O) groups excluding carboxylic acids is 8. The van der Waals surface area contributed by atoms with E-state index < -0.39 is 0 Å². The summed E-state index contributed by atoms with van der Waals surface area (Å²) in [6.45, 7) is 7.76. The second-order valence-corrected chi connectivity index (χ2v) is 38.8. The Morgan fingerprint density at radius 3 is 0.457 bits per heavy atom. The Labute approximate surface area is 751 Å². The van der Waals surface area contributed by atoms with Gasteiger partial charge in [0.1, 0.15) is 46.0 Å². The van der Waals surface area contributed by atoms with Gasteiger partial charge in [0.2, 0.25) is 0 Å². The molecule has 32 aliphatic rings. The van der Waals surface area contributed by atoms with Crippen LogP contribution < -0.4 is 0 Å². The van der Waals surface area contributed by atoms with Crippen LogP contribution in [0.4, 0.5) is 0 Å². The van der Waals surface area contributed by atoms with E-state index in [0.717, 1.165) is 44.5 Å². The van der Waals surface area contributed by atoms with Gasteiger partial charge >= 0.3 is 0 Å². The normalized spacial score (nSPS) is 21.4. The quantitative estimate of drug-likeness (QED) is 0.0698. The highest BCUT2D eigenvalue weighted by molar-refractivity contribution is 6.28. The first kappa shape index (κ1) is 92.3. The lowest BCUT2D eigenvalue weighted by Gasteiger charge is -2.27. The van der Waals surface area contributed by atoms with Gasteiger partial charge in [-0.15, -0.1) is 0 Å². The average Bonchev–Trinajstić information content (AvgIpc) is 0.772. The third-order valence-electron chi connectivity index (χ3n) is 31.5. The number of phenolic OH excluding ortho intramolecular Hbond substituents is 8. The number of benzene rings is 4. The van der Waals surface area contributed by atoms with Crippen LogP contribution in [0.1, 0.15) is 393 Å². The van der Waals surface area contributed by atoms with E-state index >= 15 is 28.8 Å². The van der Waals surface area contributed by atoms with E-state index in [-0.39, 0.29) is 92.3 Å². The average molecular weight is 1730 g/mol. The van der Waals surface area contributed by atoms with Crippen LogP contribution in [0, 0.1) is 0 Å². The van der Waals surface area contributed by atoms with E-state index in [9.17, 15) is 50.4 Å². The largest absolute Gasteiger partial charge is 0.507 e. The van der Waals surface area contributed by atoms with E-state index in [0.29, 0.717) is 513 Å². The fourth-order valence-corrected chi connectivity index (χ4v) is 24.6. The maximum Gasteiger partial charge on any atom is 0.185 e. The predicted molar refractivity (Wildman–Crippen MR) is 496 cm³/mol. The summed E-state index contributed by atoms with van der Waals surface area (Å²) >= 11 is 0. The van der Waals surface area contributed by atoms with Crippen LogP contribution in [0.25, 0.3) is 0 Å². The van der Waals surface area contributed by atoms with Crippen LogP contribution in [0.3, 0.4) is 0 Å². The van der Waals surface area contributed by atoms with Crippen LogP contribution in [-0.4, -0.2) is 87.1 Å². The minimum Gasteiger partial charge on any atom is -0.507 e. The number of rotatable bonds is 3. The molecule has 127 heavy (non-hydrogen) atoms. The summed E-state index contributed by atoms with van der Waals surface area (Å²) in [5.41, 5.74) is 21.1. The third-order valence-corrected chi connectivity index (χ3v) is 31.5. The summed E-state index contributed by atoms with van der Waals surface area (Å²) in [5, 5.41) is 99.8. The number of phenols is 8. The molecule has 36 rings (SSSR count). The molecule has 16 heteroatoms. The molecule has 678 valence electrons. The number of allylic oxidation sites excluding steroid dienone is 16. The minimum absolute atomic E-state index is 0.00881. The monoisotopic (exact) mass is 1730 g/mol. The number of hydrogen-bond donors (Lipinski definition) is 8. The highest BCUT2D eigenvalue weighted by atomic mass is 16.3. The second kappa shape index (κ2) is 41.5. The van der Waals surface area contributed by atoms with Crippen molar-refractivity contribution < 1.29 is 79.2 Å². The summed E-state index contributed by atoms with van der Waals surface area (Å²) in [4.78, 5) is 120. The Morgan fingerprint density at radius 2 is 0.299 bits per heavy atom. The molecular formula is C111H138O16. The number of ketones is 8. The second-order valence-electron chi connectivity index (χ2n) is 38.8. The van der Waals surface area contributed by atoms with Gasteiger partial charge in [-0.1, -0.05) is 20.8 Å². The van der Waals surface area contributed by atoms with Crippen LogP contribution in [0.5, 0.6) is 46.0 Å². The van der Waals surface area contributed by atoms with Gasteiger partial charge < -0.3 is 40.9 Å². The molecule has 0 atom stereocenters. The zero-order chi connectivity index (χ0) is 89.4. The Morgan fingerprint density at radius 1 is 0.157 bits per heavy atom. The van der Waals surface area contributed by atoms with Crippen LogP contribution >= 0.6 is 0 Å². The SMILES string of the molecule is CCC1=C2CCCCc3c(O)c4c(c(O)c3CCCCC3=C5CCCCc6c(O)c7c(c(O)c6CCCCC6=C8CCCCc9c(O)c%10c(c(O)c9CCCCC9=C%11CCCCc%12c(O)c(CC)c(c(O)c%12CC)CCCCC(=C(CCCC%10)C%11=O)C9=O)CCCCC(=C(CCCC7)C8=O)C6=O)CCCCC(=C(CCCC4)C5=O)C3=O)CCCCC(=C(C)C2=O)C1=O. The number of aromatic hydroxyl groups is 8. The van der Waals surface area contributed by atoms with Gasteiger partial charge in [0.25, 0.3) is 0 Å². The molecular weight excluding hydrogens is 1590 g/mol. The molecule has 8 N–H and O–H groups in total. The molecule has 0 aliphatic heterocycles. The molecule has 0 aromatic heterocycles. The van der Waals surface area contributed by atoms with Gasteiger partial charge in [-0.05, 0) is 386 Å². The van der Waals surface area contributed by atoms with Crippen LogP contribution in [0.2, 0.25) is 0 Å². The van der Waals surface area contributed by atoms with Crippen molar-refractivity contribution in [1.29, 1.82) is 0 Å². The highest BCUT2D eigenvalue weighted by Crippen LogP contribution is 2.51. The Bertz CT molecular complexity index is 5150. The van der Waals surface area contributed by atoms with Gasteiger partial charge in [-0.25, -0.2) is 0 Å². The smallest absolute Gasteiger partial charge is 0.185 e. The summed E-state index contributed by atoms with van der Waals surface area (Å²) in [7, 11) is 0. The minimum atomic E-state index is -0.0502. The molecule has 32 aliphatic carbocycles. The standard InChI is InChI=1S/C111H138O16/c1-5-65-69-37-10-13-41-73-77-45-18-21-49-81-85-53-26-29-57-89-93-61-34-35-63-95-91-59-31-28-55-87-83-51-23-20-47-79-75-43-15-12-39-71-67(7-3)98(114)70(66(6-2)99(71)115)38-11-14-42-74(103(79)119)78(102(75)118)46-19-22-50-82(107(87)123)86(106(83)122)54-27-30-58-90(111(95)127)94(110(91)126)62-33-32-60-92(109(89)125)88(108(93)124)56-25-24-52-84(105(81)121)80(104(85)120)48-17-16-44-76(101(73)117)72(100(77)116)40-9-8-36-68(97(65)113)64(4)96(69)112/h114-117,122-125H,5-63H2,1-4H3. The maximum absolute atomic E-state index is 15.5. The first-order valence-electron chi connectivity index (χ1n) is 50.0. The van der Waals surface area contributed by atoms with Crippen molar-refractivity contribution in [2.24, 2.45) is 0 Å². The van der Waals surface area contributed by atoms with Crippen molar-refractivity contribution in [3.05, 3.63) is 178 Å². The summed E-state index contributed by atoms with van der Waals surface area (Å²) in [6.07, 6.45) is 30.3. The zero-order valence-corrected chi connectivity index (χ0v) is 76.6. The van der Waals surface area contributed by atoms with Gasteiger partial charge in [-0.3, -0.25) is 38.4 Å². The Balaban J connectivity index is 0.659. The molecule has 0 radical (unpaired) electrons. The molecule has 0 amide bonds. The molecule has 4 aromatic rings. The van der Waals surface area contributed by atoms with Crippen molar-refractivity contribution in [3.8, 4) is 46.0 Å². The fraction of sp³-hybridized carbons (Fsp3) is 0.568. The Hall–Kier alpha value is -9.44. The lowest BCUT2D eigenvalue weighted by Crippen LogP contribution is -2.25. The van der Waals surface area contributed by atoms with E-state index in [1.165, 1.54) is 0 Å². The topological polar surface area (TPSA) is 298 Å². The predicted octanol–water partition coefficient (Wildman–Crippen LogP) is 23.0. The maximum atomic E-state index is 15.5. The lowest BCUT2D eigenvalue weighted by molar-refractivity contribution is -0.117. The number of carbonyl (C=O) groups is 8. The van der Waals surface area contributed by atoms with Gasteiger partial charge in [0, 0.05) is 178 Å². The molecule has 0 spiro atoms. The van der Waals surface area contributed by atoms with Crippen LogP contribution in [0.15, 0.2) is 89.2 Å². The van der Waals surface area contributed by atoms with Crippen molar-refractivity contribution in [2.75, 3.05) is 0 Å². The van der Waals surface area contributed by atoms with E-state index in [1.54, 1.807) is 6.92 Å². The van der Waals surface area contributed by atoms with Gasteiger partial charge in [0.15, 0.2) is 46.3 Å². The van der Waals surface area contributed by atoms with Crippen molar-refractivity contribution in [3.63, 3.8) is 0 Å². The first-order chi connectivity index (χ1) is 61.6. The van der Waals surface area contributed by atoms with Crippen molar-refractivity contribution in [2.45, 2.75) is 407 Å². The fourth-order valence-electron chi connectivity index (χ4n) is 24.6. The zero-order valence-electron chi connectivity index (χ0n) is 76.6. The van der Waals surface area contributed by atoms with Gasteiger partial charge in [-0.2, -0.15) is 0 Å². The molecule has 16 nitrogen and oxygen atoms in total. The van der Waals surface area contributed by atoms with E-state index in [1.807, 2.05) is 20.8 Å². The summed E-state index contributed by atoms with van der Waals surface area (Å²) in [6, 6.07) is 0. The van der Waals surface area contributed by atoms with Crippen LogP contribution in [-0.2, 0) is 141 Å². The third kappa shape index (κ3) is 18.6. The summed E-state index contributed by atoms with van der Waals surface area (Å²) < 4.78 is 0. The molecule has 4 aromatic carbocycles. The van der Waals surface area contributed by atoms with E-state index in [2.05, 4.69) is 0 Å². The molecule has 0 unspecified atom stereocenters. The lowest BCUT2D eigenvalue weighted by atomic mass is 9.76. The van der Waals surface area contributed by atoms with E-state index in [4.69, 9.17) is 0 Å². The number of Topliss-reactive ketones (excluding diaryl/α,β-unsaturated/α-hetero) is 8.